The second-order valence-electron chi connectivity index (χ2n) is 6.51. The third-order valence-corrected chi connectivity index (χ3v) is 4.79. The molecule has 146 valence electrons. The van der Waals surface area contributed by atoms with E-state index >= 15 is 0 Å². The number of hydrogen-bond acceptors (Lipinski definition) is 6. The fraction of sp³-hybridized carbons (Fsp3) is 0.350. The minimum Gasteiger partial charge on any atom is -0.497 e. The van der Waals surface area contributed by atoms with E-state index in [-0.39, 0.29) is 5.91 Å². The lowest BCUT2D eigenvalue weighted by Gasteiger charge is -2.26. The molecule has 8 heteroatoms. The van der Waals surface area contributed by atoms with Crippen LogP contribution in [-0.2, 0) is 9.53 Å². The van der Waals surface area contributed by atoms with E-state index in [4.69, 9.17) is 14.5 Å². The number of imidazole rings is 1. The summed E-state index contributed by atoms with van der Waals surface area (Å²) < 4.78 is 12.5. The van der Waals surface area contributed by atoms with E-state index in [0.29, 0.717) is 39.3 Å². The molecule has 1 saturated heterocycles. The van der Waals surface area contributed by atoms with Crippen LogP contribution in [0.3, 0.4) is 0 Å². The van der Waals surface area contributed by atoms with Crippen LogP contribution in [0.2, 0.25) is 0 Å². The lowest BCUT2D eigenvalue weighted by atomic mass is 10.1. The lowest BCUT2D eigenvalue weighted by molar-refractivity contribution is -0.134. The summed E-state index contributed by atoms with van der Waals surface area (Å²) in [5.74, 6) is 1.77. The fourth-order valence-corrected chi connectivity index (χ4v) is 3.28. The highest BCUT2D eigenvalue weighted by atomic mass is 16.5. The number of ether oxygens (including phenoxy) is 2. The van der Waals surface area contributed by atoms with Gasteiger partial charge in [0.05, 0.1) is 26.5 Å². The van der Waals surface area contributed by atoms with Crippen LogP contribution in [0.25, 0.3) is 16.9 Å². The zero-order chi connectivity index (χ0) is 19.3. The van der Waals surface area contributed by atoms with Crippen LogP contribution in [0.4, 0.5) is 5.82 Å². The summed E-state index contributed by atoms with van der Waals surface area (Å²) >= 11 is 0. The van der Waals surface area contributed by atoms with Gasteiger partial charge in [0.2, 0.25) is 5.91 Å². The van der Waals surface area contributed by atoms with Crippen LogP contribution < -0.4 is 10.1 Å². The van der Waals surface area contributed by atoms with E-state index in [2.05, 4.69) is 10.3 Å². The van der Waals surface area contributed by atoms with Gasteiger partial charge in [-0.05, 0) is 24.3 Å². The van der Waals surface area contributed by atoms with Crippen LogP contribution >= 0.6 is 0 Å². The van der Waals surface area contributed by atoms with Gasteiger partial charge < -0.3 is 19.7 Å². The molecule has 3 heterocycles. The summed E-state index contributed by atoms with van der Waals surface area (Å²) in [4.78, 5) is 23.1. The van der Waals surface area contributed by atoms with Crippen LogP contribution in [0.15, 0.2) is 42.9 Å². The molecule has 1 fully saturated rings. The van der Waals surface area contributed by atoms with E-state index in [1.807, 2.05) is 39.8 Å². The Bertz CT molecular complexity index is 948. The summed E-state index contributed by atoms with van der Waals surface area (Å²) in [6, 6.07) is 7.75. The molecule has 0 aliphatic carbocycles. The first-order valence-corrected chi connectivity index (χ1v) is 9.32. The Balaban J connectivity index is 1.54. The second kappa shape index (κ2) is 8.26. The number of aromatic nitrogens is 3. The van der Waals surface area contributed by atoms with Crippen molar-refractivity contribution in [2.45, 2.75) is 6.42 Å². The average molecular weight is 381 g/mol. The standard InChI is InChI=1S/C20H23N5O3/c1-27-16-4-2-15(3-5-16)19-20(25-9-8-21-14-17(25)23-19)22-7-6-18(26)24-10-12-28-13-11-24/h2-5,8-9,14,22H,6-7,10-13H2,1H3. The van der Waals surface area contributed by atoms with Gasteiger partial charge in [-0.15, -0.1) is 0 Å². The van der Waals surface area contributed by atoms with Crippen molar-refractivity contribution in [1.29, 1.82) is 0 Å². The summed E-state index contributed by atoms with van der Waals surface area (Å²) in [6.07, 6.45) is 5.72. The number of nitrogens with one attached hydrogen (secondary N) is 1. The second-order valence-corrected chi connectivity index (χ2v) is 6.51. The van der Waals surface area contributed by atoms with Crippen LogP contribution in [-0.4, -0.2) is 65.1 Å². The minimum atomic E-state index is 0.136. The van der Waals surface area contributed by atoms with Crippen molar-refractivity contribution in [3.8, 4) is 17.0 Å². The van der Waals surface area contributed by atoms with E-state index in [0.717, 1.165) is 28.5 Å². The first kappa shape index (κ1) is 18.2. The molecule has 4 rings (SSSR count). The number of fused-ring (bicyclic) bond motifs is 1. The Morgan fingerprint density at radius 3 is 2.79 bits per heavy atom. The Morgan fingerprint density at radius 2 is 2.04 bits per heavy atom. The molecule has 1 aliphatic heterocycles. The van der Waals surface area contributed by atoms with Gasteiger partial charge in [0.25, 0.3) is 0 Å². The number of carbonyl (C=O) groups is 1. The molecule has 1 N–H and O–H groups in total. The third-order valence-electron chi connectivity index (χ3n) is 4.79. The Hall–Kier alpha value is -3.13. The summed E-state index contributed by atoms with van der Waals surface area (Å²) in [5, 5.41) is 3.40. The molecule has 0 bridgehead atoms. The molecular weight excluding hydrogens is 358 g/mol. The molecular formula is C20H23N5O3. The molecule has 2 aromatic heterocycles. The number of amides is 1. The first-order valence-electron chi connectivity index (χ1n) is 9.32. The molecule has 0 atom stereocenters. The van der Waals surface area contributed by atoms with Crippen LogP contribution in [0.5, 0.6) is 5.75 Å². The topological polar surface area (TPSA) is 81.0 Å². The monoisotopic (exact) mass is 381 g/mol. The van der Waals surface area contributed by atoms with Crippen molar-refractivity contribution in [1.82, 2.24) is 19.3 Å². The molecule has 1 aliphatic rings. The van der Waals surface area contributed by atoms with Crippen molar-refractivity contribution >= 4 is 17.4 Å². The van der Waals surface area contributed by atoms with Crippen molar-refractivity contribution in [3.63, 3.8) is 0 Å². The molecule has 0 unspecified atom stereocenters. The predicted octanol–water partition coefficient (Wildman–Crippen LogP) is 2.07. The molecule has 0 radical (unpaired) electrons. The van der Waals surface area contributed by atoms with E-state index < -0.39 is 0 Å². The number of anilines is 1. The molecule has 0 spiro atoms. The maximum atomic E-state index is 12.4. The Kier molecular flexibility index (Phi) is 5.38. The van der Waals surface area contributed by atoms with Gasteiger partial charge in [-0.2, -0.15) is 0 Å². The molecule has 3 aromatic rings. The largest absolute Gasteiger partial charge is 0.497 e. The van der Waals surface area contributed by atoms with E-state index in [9.17, 15) is 4.79 Å². The predicted molar refractivity (Wildman–Crippen MR) is 105 cm³/mol. The summed E-state index contributed by atoms with van der Waals surface area (Å²) in [6.45, 7) is 3.08. The molecule has 8 nitrogen and oxygen atoms in total. The zero-order valence-corrected chi connectivity index (χ0v) is 15.8. The molecule has 1 amide bonds. The van der Waals surface area contributed by atoms with Gasteiger partial charge in [0.1, 0.15) is 17.3 Å². The lowest BCUT2D eigenvalue weighted by Crippen LogP contribution is -2.41. The van der Waals surface area contributed by atoms with Gasteiger partial charge in [-0.25, -0.2) is 4.98 Å². The normalized spacial score (nSPS) is 14.2. The number of hydrogen-bond donors (Lipinski definition) is 1. The zero-order valence-electron chi connectivity index (χ0n) is 15.8. The highest BCUT2D eigenvalue weighted by Crippen LogP contribution is 2.29. The number of nitrogens with zero attached hydrogens (tertiary/aromatic N) is 4. The van der Waals surface area contributed by atoms with Gasteiger partial charge in [-0.1, -0.05) is 0 Å². The molecule has 28 heavy (non-hydrogen) atoms. The van der Waals surface area contributed by atoms with Gasteiger partial charge >= 0.3 is 0 Å². The highest BCUT2D eigenvalue weighted by molar-refractivity contribution is 5.79. The maximum Gasteiger partial charge on any atom is 0.224 e. The van der Waals surface area contributed by atoms with Crippen LogP contribution in [0, 0.1) is 0 Å². The number of carbonyl (C=O) groups excluding carboxylic acids is 1. The summed E-state index contributed by atoms with van der Waals surface area (Å²) in [7, 11) is 1.64. The van der Waals surface area contributed by atoms with Crippen LogP contribution in [0.1, 0.15) is 6.42 Å². The van der Waals surface area contributed by atoms with E-state index in [1.54, 1.807) is 19.5 Å². The molecule has 0 saturated carbocycles. The van der Waals surface area contributed by atoms with Crippen molar-refractivity contribution in [2.24, 2.45) is 0 Å². The van der Waals surface area contributed by atoms with Crippen molar-refractivity contribution < 1.29 is 14.3 Å². The van der Waals surface area contributed by atoms with E-state index in [1.165, 1.54) is 0 Å². The number of morpholine rings is 1. The first-order chi connectivity index (χ1) is 13.8. The fourth-order valence-electron chi connectivity index (χ4n) is 3.28. The van der Waals surface area contributed by atoms with Gasteiger partial charge in [-0.3, -0.25) is 14.2 Å². The van der Waals surface area contributed by atoms with Crippen molar-refractivity contribution in [3.05, 3.63) is 42.9 Å². The average Bonchev–Trinajstić information content (AvgIpc) is 3.13. The highest BCUT2D eigenvalue weighted by Gasteiger charge is 2.18. The van der Waals surface area contributed by atoms with Crippen molar-refractivity contribution in [2.75, 3.05) is 45.3 Å². The Labute approximate surface area is 163 Å². The van der Waals surface area contributed by atoms with Gasteiger partial charge in [0.15, 0.2) is 5.65 Å². The SMILES string of the molecule is COc1ccc(-c2nc3cnccn3c2NCCC(=O)N2CCOCC2)cc1. The Morgan fingerprint density at radius 1 is 1.25 bits per heavy atom. The quantitative estimate of drug-likeness (QED) is 0.704. The maximum absolute atomic E-state index is 12.4. The number of benzene rings is 1. The number of methoxy groups -OCH3 is 1. The smallest absolute Gasteiger partial charge is 0.224 e. The van der Waals surface area contributed by atoms with Gasteiger partial charge in [0, 0.05) is 44.0 Å². The molecule has 1 aromatic carbocycles. The number of rotatable bonds is 6. The summed E-state index contributed by atoms with van der Waals surface area (Å²) in [5.41, 5.74) is 2.52. The third kappa shape index (κ3) is 3.77. The minimum absolute atomic E-state index is 0.136.